The summed E-state index contributed by atoms with van der Waals surface area (Å²) in [7, 11) is 1.54. The van der Waals surface area contributed by atoms with E-state index in [-0.39, 0.29) is 18.7 Å². The fourth-order valence-electron chi connectivity index (χ4n) is 4.24. The van der Waals surface area contributed by atoms with Gasteiger partial charge in [-0.1, -0.05) is 35.4 Å². The Balaban J connectivity index is 2.12. The molecule has 0 radical (unpaired) electrons. The Hall–Kier alpha value is -2.82. The van der Waals surface area contributed by atoms with Gasteiger partial charge in [-0.25, -0.2) is 14.5 Å². The number of hydrogen-bond acceptors (Lipinski definition) is 2. The zero-order valence-corrected chi connectivity index (χ0v) is 17.2. The number of nitrogens with zero attached hydrogens (tertiary/aromatic N) is 3. The molecular formula is C22H27N3O2. The lowest BCUT2D eigenvalue weighted by molar-refractivity contribution is 0.196. The molecular weight excluding hydrogens is 338 g/mol. The summed E-state index contributed by atoms with van der Waals surface area (Å²) in [4.78, 5) is 30.5. The molecule has 0 bridgehead atoms. The van der Waals surface area contributed by atoms with Gasteiger partial charge in [0.2, 0.25) is 0 Å². The fourth-order valence-corrected chi connectivity index (χ4v) is 4.24. The van der Waals surface area contributed by atoms with E-state index in [1.165, 1.54) is 4.90 Å². The third kappa shape index (κ3) is 3.18. The van der Waals surface area contributed by atoms with Gasteiger partial charge >= 0.3 is 12.1 Å². The van der Waals surface area contributed by atoms with Gasteiger partial charge in [0.25, 0.3) is 0 Å². The van der Waals surface area contributed by atoms with Gasteiger partial charge in [-0.2, -0.15) is 0 Å². The van der Waals surface area contributed by atoms with E-state index in [0.717, 1.165) is 44.8 Å². The summed E-state index contributed by atoms with van der Waals surface area (Å²) in [6.07, 6.45) is 0. The first-order chi connectivity index (χ1) is 12.6. The number of carbonyl (C=O) groups excluding carboxylic acids is 2. The number of hydrogen-bond donors (Lipinski definition) is 0. The highest BCUT2D eigenvalue weighted by atomic mass is 16.2. The summed E-state index contributed by atoms with van der Waals surface area (Å²) < 4.78 is 0. The lowest BCUT2D eigenvalue weighted by Gasteiger charge is -2.41. The fraction of sp³-hybridized carbons (Fsp3) is 0.364. The van der Waals surface area contributed by atoms with E-state index in [0.29, 0.717) is 0 Å². The topological polar surface area (TPSA) is 43.9 Å². The monoisotopic (exact) mass is 365 g/mol. The maximum atomic E-state index is 12.9. The maximum absolute atomic E-state index is 12.9. The number of urea groups is 2. The van der Waals surface area contributed by atoms with Gasteiger partial charge in [-0.05, 0) is 63.8 Å². The Bertz CT molecular complexity index is 827. The third-order valence-electron chi connectivity index (χ3n) is 5.13. The molecule has 0 atom stereocenters. The van der Waals surface area contributed by atoms with Crippen LogP contribution in [0.15, 0.2) is 24.3 Å². The zero-order chi connectivity index (χ0) is 20.0. The van der Waals surface area contributed by atoms with Crippen LogP contribution in [0.25, 0.3) is 0 Å². The highest BCUT2D eigenvalue weighted by Crippen LogP contribution is 2.33. The molecule has 4 amide bonds. The molecule has 142 valence electrons. The third-order valence-corrected chi connectivity index (χ3v) is 5.13. The van der Waals surface area contributed by atoms with Gasteiger partial charge in [-0.15, -0.1) is 0 Å². The highest BCUT2D eigenvalue weighted by Gasteiger charge is 2.38. The van der Waals surface area contributed by atoms with Crippen molar-refractivity contribution >= 4 is 23.4 Å². The summed E-state index contributed by atoms with van der Waals surface area (Å²) in [5.74, 6) is 0. The van der Waals surface area contributed by atoms with Crippen LogP contribution in [0.5, 0.6) is 0 Å². The first-order valence-electron chi connectivity index (χ1n) is 9.14. The van der Waals surface area contributed by atoms with E-state index in [2.05, 4.69) is 24.3 Å². The van der Waals surface area contributed by atoms with Crippen LogP contribution in [0.2, 0.25) is 0 Å². The average Bonchev–Trinajstić information content (AvgIpc) is 2.54. The number of benzene rings is 2. The lowest BCUT2D eigenvalue weighted by Crippen LogP contribution is -2.60. The molecule has 0 saturated carbocycles. The van der Waals surface area contributed by atoms with Crippen LogP contribution in [0, 0.1) is 41.5 Å². The van der Waals surface area contributed by atoms with Crippen molar-refractivity contribution in [3.05, 3.63) is 57.6 Å². The van der Waals surface area contributed by atoms with Crippen molar-refractivity contribution in [3.8, 4) is 0 Å². The standard InChI is InChI=1S/C22H27N3O2/c1-13-8-15(3)19(16(4)9-13)24-12-25(22(27)23(7)21(24)26)20-17(5)10-14(2)11-18(20)6/h8-11H,12H2,1-7H3. The molecule has 3 rings (SSSR count). The maximum Gasteiger partial charge on any atom is 0.333 e. The van der Waals surface area contributed by atoms with Gasteiger partial charge in [0.15, 0.2) is 0 Å². The molecule has 1 heterocycles. The summed E-state index contributed by atoms with van der Waals surface area (Å²) >= 11 is 0. The molecule has 2 aromatic carbocycles. The second-order valence-electron chi connectivity index (χ2n) is 7.62. The van der Waals surface area contributed by atoms with Crippen molar-refractivity contribution in [1.29, 1.82) is 0 Å². The van der Waals surface area contributed by atoms with Crippen molar-refractivity contribution in [2.24, 2.45) is 0 Å². The Morgan fingerprint density at radius 1 is 0.630 bits per heavy atom. The molecule has 1 fully saturated rings. The van der Waals surface area contributed by atoms with E-state index in [1.54, 1.807) is 16.8 Å². The van der Waals surface area contributed by atoms with E-state index in [4.69, 9.17) is 0 Å². The van der Waals surface area contributed by atoms with Crippen LogP contribution in [0.1, 0.15) is 33.4 Å². The number of carbonyl (C=O) groups is 2. The largest absolute Gasteiger partial charge is 0.333 e. The number of rotatable bonds is 2. The van der Waals surface area contributed by atoms with Crippen molar-refractivity contribution in [2.75, 3.05) is 23.5 Å². The molecule has 2 aromatic rings. The van der Waals surface area contributed by atoms with E-state index < -0.39 is 0 Å². The molecule has 1 aliphatic rings. The first kappa shape index (κ1) is 19.0. The molecule has 0 unspecified atom stereocenters. The molecule has 5 heteroatoms. The first-order valence-corrected chi connectivity index (χ1v) is 9.14. The zero-order valence-electron chi connectivity index (χ0n) is 17.2. The van der Waals surface area contributed by atoms with Crippen LogP contribution in [-0.2, 0) is 0 Å². The highest BCUT2D eigenvalue weighted by molar-refractivity contribution is 6.12. The Morgan fingerprint density at radius 3 is 1.22 bits per heavy atom. The minimum atomic E-state index is -0.297. The minimum absolute atomic E-state index is 0.206. The summed E-state index contributed by atoms with van der Waals surface area (Å²) in [6.45, 7) is 12.3. The van der Waals surface area contributed by atoms with E-state index >= 15 is 0 Å². The molecule has 0 aromatic heterocycles. The molecule has 5 nitrogen and oxygen atoms in total. The smallest absolute Gasteiger partial charge is 0.275 e. The molecule has 1 aliphatic heterocycles. The normalized spacial score (nSPS) is 15.0. The van der Waals surface area contributed by atoms with Crippen molar-refractivity contribution < 1.29 is 9.59 Å². The van der Waals surface area contributed by atoms with Crippen molar-refractivity contribution in [1.82, 2.24) is 4.90 Å². The van der Waals surface area contributed by atoms with Gasteiger partial charge in [0.05, 0.1) is 11.4 Å². The van der Waals surface area contributed by atoms with Gasteiger partial charge in [-0.3, -0.25) is 9.80 Å². The molecule has 27 heavy (non-hydrogen) atoms. The van der Waals surface area contributed by atoms with Gasteiger partial charge in [0.1, 0.15) is 6.67 Å². The van der Waals surface area contributed by atoms with Gasteiger partial charge in [0, 0.05) is 7.05 Å². The number of anilines is 2. The van der Waals surface area contributed by atoms with Crippen LogP contribution in [0.4, 0.5) is 21.0 Å². The Kier molecular flexibility index (Phi) is 4.72. The minimum Gasteiger partial charge on any atom is -0.275 e. The number of imide groups is 1. The quantitative estimate of drug-likeness (QED) is 0.752. The van der Waals surface area contributed by atoms with Crippen LogP contribution >= 0.6 is 0 Å². The summed E-state index contributed by atoms with van der Waals surface area (Å²) in [5.41, 5.74) is 8.17. The second kappa shape index (κ2) is 6.72. The number of aryl methyl sites for hydroxylation is 6. The molecule has 0 spiro atoms. The molecule has 0 aliphatic carbocycles. The summed E-state index contributed by atoms with van der Waals surface area (Å²) in [6, 6.07) is 7.68. The predicted octanol–water partition coefficient (Wildman–Crippen LogP) is 4.99. The second-order valence-corrected chi connectivity index (χ2v) is 7.62. The van der Waals surface area contributed by atoms with Crippen LogP contribution in [0.3, 0.4) is 0 Å². The van der Waals surface area contributed by atoms with E-state index in [1.807, 2.05) is 41.5 Å². The Labute approximate surface area is 161 Å². The summed E-state index contributed by atoms with van der Waals surface area (Å²) in [5, 5.41) is 0. The van der Waals surface area contributed by atoms with Crippen LogP contribution < -0.4 is 9.80 Å². The predicted molar refractivity (Wildman–Crippen MR) is 110 cm³/mol. The molecule has 1 saturated heterocycles. The van der Waals surface area contributed by atoms with E-state index in [9.17, 15) is 9.59 Å². The lowest BCUT2D eigenvalue weighted by atomic mass is 10.0. The average molecular weight is 365 g/mol. The van der Waals surface area contributed by atoms with Crippen LogP contribution in [-0.4, -0.2) is 30.7 Å². The van der Waals surface area contributed by atoms with Crippen molar-refractivity contribution in [3.63, 3.8) is 0 Å². The number of amides is 4. The van der Waals surface area contributed by atoms with Crippen molar-refractivity contribution in [2.45, 2.75) is 41.5 Å². The SMILES string of the molecule is Cc1cc(C)c(N2CN(c3c(C)cc(C)cc3C)C(=O)N(C)C2=O)c(C)c1. The van der Waals surface area contributed by atoms with Gasteiger partial charge < -0.3 is 0 Å². The molecule has 0 N–H and O–H groups in total. The Morgan fingerprint density at radius 2 is 0.926 bits per heavy atom.